The van der Waals surface area contributed by atoms with Crippen LogP contribution < -0.4 is 14.4 Å². The van der Waals surface area contributed by atoms with E-state index in [0.29, 0.717) is 22.7 Å². The quantitative estimate of drug-likeness (QED) is 0.282. The van der Waals surface area contributed by atoms with Crippen LogP contribution in [0.4, 0.5) is 11.4 Å². The highest BCUT2D eigenvalue weighted by Crippen LogP contribution is 2.32. The molecule has 0 aliphatic carbocycles. The lowest BCUT2D eigenvalue weighted by Gasteiger charge is -2.20. The van der Waals surface area contributed by atoms with Crippen molar-refractivity contribution in [2.75, 3.05) is 32.2 Å². The van der Waals surface area contributed by atoms with Gasteiger partial charge in [-0.3, -0.25) is 10.1 Å². The zero-order chi connectivity index (χ0) is 23.4. The smallest absolute Gasteiger partial charge is 0.341 e. The van der Waals surface area contributed by atoms with Gasteiger partial charge < -0.3 is 23.6 Å². The Morgan fingerprint density at radius 3 is 2.58 bits per heavy atom. The second-order valence-corrected chi connectivity index (χ2v) is 7.31. The number of hydrogen-bond donors (Lipinski definition) is 0. The predicted molar refractivity (Wildman–Crippen MR) is 117 cm³/mol. The van der Waals surface area contributed by atoms with Crippen LogP contribution in [0, 0.1) is 10.1 Å². The number of non-ortho nitro benzene ring substituents is 1. The Balaban J connectivity index is 1.50. The van der Waals surface area contributed by atoms with Gasteiger partial charge in [0.2, 0.25) is 5.82 Å². The van der Waals surface area contributed by atoms with Crippen LogP contribution in [0.5, 0.6) is 11.5 Å². The van der Waals surface area contributed by atoms with Crippen molar-refractivity contribution in [1.82, 2.24) is 10.1 Å². The average molecular weight is 454 g/mol. The zero-order valence-corrected chi connectivity index (χ0v) is 18.1. The second-order valence-electron chi connectivity index (χ2n) is 7.31. The van der Waals surface area contributed by atoms with Gasteiger partial charge in [0.25, 0.3) is 11.6 Å². The van der Waals surface area contributed by atoms with Gasteiger partial charge in [0.1, 0.15) is 0 Å². The number of aromatic nitrogens is 2. The molecule has 4 rings (SSSR count). The fourth-order valence-electron chi connectivity index (χ4n) is 3.65. The van der Waals surface area contributed by atoms with Gasteiger partial charge in [0, 0.05) is 30.8 Å². The first-order valence-corrected chi connectivity index (χ1v) is 10.3. The first-order valence-electron chi connectivity index (χ1n) is 10.3. The number of esters is 1. The Bertz CT molecular complexity index is 1170. The van der Waals surface area contributed by atoms with Crippen molar-refractivity contribution in [1.29, 1.82) is 0 Å². The standard InChI is InChI=1S/C22H22N4O7/c1-30-18-8-5-14(11-19(18)31-2)21-23-20(33-24-21)13-32-22(27)16-12-15(26(28)29)6-7-17(16)25-9-3-4-10-25/h5-8,11-12H,3-4,9-10,13H2,1-2H3. The number of nitro groups is 1. The molecule has 0 bridgehead atoms. The third kappa shape index (κ3) is 4.71. The maximum absolute atomic E-state index is 12.8. The molecule has 172 valence electrons. The number of nitrogens with zero attached hydrogens (tertiary/aromatic N) is 4. The van der Waals surface area contributed by atoms with Crippen LogP contribution in [-0.2, 0) is 11.3 Å². The molecule has 1 fully saturated rings. The third-order valence-corrected chi connectivity index (χ3v) is 5.29. The van der Waals surface area contributed by atoms with Crippen molar-refractivity contribution in [2.45, 2.75) is 19.4 Å². The van der Waals surface area contributed by atoms with Crippen LogP contribution in [-0.4, -0.2) is 48.3 Å². The number of carbonyl (C=O) groups excluding carboxylic acids is 1. The van der Waals surface area contributed by atoms with Crippen molar-refractivity contribution in [3.05, 3.63) is 58.0 Å². The maximum Gasteiger partial charge on any atom is 0.341 e. The van der Waals surface area contributed by atoms with Crippen molar-refractivity contribution in [3.8, 4) is 22.9 Å². The Morgan fingerprint density at radius 2 is 1.88 bits per heavy atom. The topological polar surface area (TPSA) is 130 Å². The van der Waals surface area contributed by atoms with Crippen molar-refractivity contribution in [3.63, 3.8) is 0 Å². The van der Waals surface area contributed by atoms with Crippen molar-refractivity contribution in [2.24, 2.45) is 0 Å². The summed E-state index contributed by atoms with van der Waals surface area (Å²) in [4.78, 5) is 29.7. The molecule has 1 aromatic heterocycles. The van der Waals surface area contributed by atoms with E-state index in [-0.39, 0.29) is 29.6 Å². The summed E-state index contributed by atoms with van der Waals surface area (Å²) in [5.41, 5.74) is 1.19. The van der Waals surface area contributed by atoms with Crippen molar-refractivity contribution < 1.29 is 28.5 Å². The molecule has 1 saturated heterocycles. The highest BCUT2D eigenvalue weighted by atomic mass is 16.6. The van der Waals surface area contributed by atoms with Gasteiger partial charge in [-0.25, -0.2) is 4.79 Å². The fraction of sp³-hybridized carbons (Fsp3) is 0.318. The Hall–Kier alpha value is -4.15. The zero-order valence-electron chi connectivity index (χ0n) is 18.1. The van der Waals surface area contributed by atoms with E-state index in [4.69, 9.17) is 18.7 Å². The van der Waals surface area contributed by atoms with E-state index in [1.54, 1.807) is 24.3 Å². The fourth-order valence-corrected chi connectivity index (χ4v) is 3.65. The minimum atomic E-state index is -0.702. The molecule has 0 atom stereocenters. The first kappa shape index (κ1) is 22.1. The van der Waals surface area contributed by atoms with Gasteiger partial charge in [-0.1, -0.05) is 5.16 Å². The number of ether oxygens (including phenoxy) is 3. The Labute approximate surface area is 189 Å². The molecule has 2 heterocycles. The SMILES string of the molecule is COc1ccc(-c2noc(COC(=O)c3cc([N+](=O)[O-])ccc3N3CCCC3)n2)cc1OC. The molecule has 0 radical (unpaired) electrons. The number of carbonyl (C=O) groups is 1. The largest absolute Gasteiger partial charge is 0.493 e. The summed E-state index contributed by atoms with van der Waals surface area (Å²) in [5, 5.41) is 15.1. The lowest BCUT2D eigenvalue weighted by Crippen LogP contribution is -2.21. The number of nitro benzene ring substituents is 1. The number of benzene rings is 2. The second kappa shape index (κ2) is 9.55. The summed E-state index contributed by atoms with van der Waals surface area (Å²) in [6.07, 6.45) is 1.98. The molecule has 1 aliphatic rings. The van der Waals surface area contributed by atoms with Gasteiger partial charge in [-0.15, -0.1) is 0 Å². The maximum atomic E-state index is 12.8. The summed E-state index contributed by atoms with van der Waals surface area (Å²) in [6.45, 7) is 1.27. The molecule has 0 N–H and O–H groups in total. The summed E-state index contributed by atoms with van der Waals surface area (Å²) < 4.78 is 21.0. The van der Waals surface area contributed by atoms with Crippen LogP contribution in [0.15, 0.2) is 40.9 Å². The Morgan fingerprint density at radius 1 is 1.12 bits per heavy atom. The summed E-state index contributed by atoms with van der Waals surface area (Å²) in [7, 11) is 3.06. The molecule has 2 aromatic carbocycles. The van der Waals surface area contributed by atoms with E-state index >= 15 is 0 Å². The monoisotopic (exact) mass is 454 g/mol. The third-order valence-electron chi connectivity index (χ3n) is 5.29. The molecule has 33 heavy (non-hydrogen) atoms. The minimum absolute atomic E-state index is 0.0845. The normalized spacial score (nSPS) is 13.1. The van der Waals surface area contributed by atoms with Gasteiger partial charge in [0.05, 0.1) is 30.4 Å². The molecule has 0 spiro atoms. The summed E-state index contributed by atoms with van der Waals surface area (Å²) >= 11 is 0. The molecule has 0 unspecified atom stereocenters. The van der Waals surface area contributed by atoms with E-state index < -0.39 is 10.9 Å². The number of anilines is 1. The minimum Gasteiger partial charge on any atom is -0.493 e. The lowest BCUT2D eigenvalue weighted by molar-refractivity contribution is -0.384. The van der Waals surface area contributed by atoms with Gasteiger partial charge in [0.15, 0.2) is 18.1 Å². The van der Waals surface area contributed by atoms with Crippen LogP contribution in [0.2, 0.25) is 0 Å². The number of methoxy groups -OCH3 is 2. The van der Waals surface area contributed by atoms with Crippen LogP contribution >= 0.6 is 0 Å². The van der Waals surface area contributed by atoms with E-state index in [9.17, 15) is 14.9 Å². The summed E-state index contributed by atoms with van der Waals surface area (Å²) in [6, 6.07) is 9.36. The summed E-state index contributed by atoms with van der Waals surface area (Å²) in [5.74, 6) is 0.736. The van der Waals surface area contributed by atoms with Crippen molar-refractivity contribution >= 4 is 17.3 Å². The lowest BCUT2D eigenvalue weighted by atomic mass is 10.1. The number of rotatable bonds is 8. The van der Waals surface area contributed by atoms with E-state index in [1.165, 1.54) is 26.4 Å². The molecule has 3 aromatic rings. The average Bonchev–Trinajstić information content (AvgIpc) is 3.54. The predicted octanol–water partition coefficient (Wildman–Crippen LogP) is 3.62. The van der Waals surface area contributed by atoms with Crippen LogP contribution in [0.1, 0.15) is 29.1 Å². The molecule has 0 amide bonds. The van der Waals surface area contributed by atoms with Gasteiger partial charge in [-0.05, 0) is 37.1 Å². The van der Waals surface area contributed by atoms with Crippen LogP contribution in [0.25, 0.3) is 11.4 Å². The number of hydrogen-bond acceptors (Lipinski definition) is 10. The first-order chi connectivity index (χ1) is 16.0. The van der Waals surface area contributed by atoms with E-state index in [1.807, 2.05) is 4.90 Å². The Kier molecular flexibility index (Phi) is 6.38. The van der Waals surface area contributed by atoms with Gasteiger partial charge in [-0.2, -0.15) is 4.98 Å². The highest BCUT2D eigenvalue weighted by molar-refractivity contribution is 5.96. The van der Waals surface area contributed by atoms with E-state index in [2.05, 4.69) is 10.1 Å². The molecule has 1 aliphatic heterocycles. The molecule has 11 nitrogen and oxygen atoms in total. The molecular formula is C22H22N4O7. The molecular weight excluding hydrogens is 432 g/mol. The molecule has 11 heteroatoms. The van der Waals surface area contributed by atoms with E-state index in [0.717, 1.165) is 25.9 Å². The highest BCUT2D eigenvalue weighted by Gasteiger charge is 2.24. The van der Waals surface area contributed by atoms with Gasteiger partial charge >= 0.3 is 5.97 Å². The molecule has 0 saturated carbocycles. The van der Waals surface area contributed by atoms with Crippen LogP contribution in [0.3, 0.4) is 0 Å².